The van der Waals surface area contributed by atoms with E-state index in [1.165, 1.54) is 32.4 Å². The van der Waals surface area contributed by atoms with Crippen LogP contribution in [0.4, 0.5) is 4.79 Å². The van der Waals surface area contributed by atoms with Gasteiger partial charge in [0.2, 0.25) is 0 Å². The Morgan fingerprint density at radius 3 is 2.14 bits per heavy atom. The smallest absolute Gasteiger partial charge is 0.421 e. The summed E-state index contributed by atoms with van der Waals surface area (Å²) in [5, 5.41) is 0. The molecule has 0 fully saturated rings. The van der Waals surface area contributed by atoms with Crippen molar-refractivity contribution in [2.45, 2.75) is 31.3 Å². The van der Waals surface area contributed by atoms with Crippen molar-refractivity contribution in [3.8, 4) is 11.5 Å². The molecular weight excluding hydrogens is 298 g/mol. The number of nitrogens with one attached hydrogen (secondary N) is 1. The van der Waals surface area contributed by atoms with Crippen LogP contribution in [0.15, 0.2) is 23.1 Å². The fraction of sp³-hybridized carbons (Fsp3) is 0.462. The molecule has 0 aliphatic carbocycles. The van der Waals surface area contributed by atoms with E-state index in [1.807, 2.05) is 4.72 Å². The van der Waals surface area contributed by atoms with Crippen LogP contribution >= 0.6 is 0 Å². The van der Waals surface area contributed by atoms with Gasteiger partial charge >= 0.3 is 6.09 Å². The maximum Gasteiger partial charge on any atom is 0.421 e. The first-order valence-electron chi connectivity index (χ1n) is 6.07. The van der Waals surface area contributed by atoms with Gasteiger partial charge in [-0.1, -0.05) is 0 Å². The number of methoxy groups -OCH3 is 2. The van der Waals surface area contributed by atoms with Crippen molar-refractivity contribution < 1.29 is 27.4 Å². The molecule has 1 aromatic rings. The van der Waals surface area contributed by atoms with Crippen molar-refractivity contribution in [3.63, 3.8) is 0 Å². The van der Waals surface area contributed by atoms with Gasteiger partial charge in [-0.3, -0.25) is 0 Å². The highest BCUT2D eigenvalue weighted by molar-refractivity contribution is 7.90. The van der Waals surface area contributed by atoms with E-state index in [1.54, 1.807) is 20.8 Å². The lowest BCUT2D eigenvalue weighted by Gasteiger charge is -2.19. The van der Waals surface area contributed by atoms with E-state index in [2.05, 4.69) is 0 Å². The van der Waals surface area contributed by atoms with Gasteiger partial charge in [0.05, 0.1) is 19.1 Å². The Kier molecular flexibility index (Phi) is 5.06. The monoisotopic (exact) mass is 317 g/mol. The molecule has 0 unspecified atom stereocenters. The van der Waals surface area contributed by atoms with Crippen LogP contribution in [0, 0.1) is 0 Å². The molecule has 21 heavy (non-hydrogen) atoms. The van der Waals surface area contributed by atoms with Gasteiger partial charge in [-0.15, -0.1) is 0 Å². The van der Waals surface area contributed by atoms with E-state index >= 15 is 0 Å². The molecule has 0 aliphatic heterocycles. The number of benzene rings is 1. The second kappa shape index (κ2) is 6.21. The summed E-state index contributed by atoms with van der Waals surface area (Å²) in [4.78, 5) is 11.4. The van der Waals surface area contributed by atoms with Crippen LogP contribution in [0.1, 0.15) is 20.8 Å². The molecule has 0 heterocycles. The van der Waals surface area contributed by atoms with Gasteiger partial charge in [0, 0.05) is 6.07 Å². The lowest BCUT2D eigenvalue weighted by molar-refractivity contribution is 0.0570. The molecule has 1 N–H and O–H groups in total. The molecule has 0 radical (unpaired) electrons. The number of ether oxygens (including phenoxy) is 3. The predicted octanol–water partition coefficient (Wildman–Crippen LogP) is 1.92. The Hall–Kier alpha value is -1.96. The van der Waals surface area contributed by atoms with Gasteiger partial charge in [0.25, 0.3) is 10.0 Å². The van der Waals surface area contributed by atoms with Crippen LogP contribution in [0.25, 0.3) is 0 Å². The van der Waals surface area contributed by atoms with Gasteiger partial charge in [-0.05, 0) is 32.9 Å². The second-order valence-corrected chi connectivity index (χ2v) is 6.81. The lowest BCUT2D eigenvalue weighted by atomic mass is 10.2. The Balaban J connectivity index is 3.01. The highest BCUT2D eigenvalue weighted by Gasteiger charge is 2.23. The van der Waals surface area contributed by atoms with Crippen molar-refractivity contribution in [1.82, 2.24) is 4.72 Å². The first kappa shape index (κ1) is 17.1. The molecule has 0 atom stereocenters. The summed E-state index contributed by atoms with van der Waals surface area (Å²) in [7, 11) is -1.23. The van der Waals surface area contributed by atoms with Crippen LogP contribution in [0.3, 0.4) is 0 Å². The lowest BCUT2D eigenvalue weighted by Crippen LogP contribution is -2.36. The third kappa shape index (κ3) is 4.82. The maximum absolute atomic E-state index is 12.1. The zero-order valence-electron chi connectivity index (χ0n) is 12.6. The Morgan fingerprint density at radius 2 is 1.67 bits per heavy atom. The Bertz CT molecular complexity index is 618. The molecule has 0 bridgehead atoms. The van der Waals surface area contributed by atoms with E-state index in [0.29, 0.717) is 5.75 Å². The van der Waals surface area contributed by atoms with Crippen LogP contribution in [-0.2, 0) is 14.8 Å². The molecule has 0 spiro atoms. The zero-order chi connectivity index (χ0) is 16.3. The average Bonchev–Trinajstić information content (AvgIpc) is 2.34. The summed E-state index contributed by atoms with van der Waals surface area (Å²) in [5.74, 6) is 0.623. The van der Waals surface area contributed by atoms with E-state index in [9.17, 15) is 13.2 Å². The van der Waals surface area contributed by atoms with Crippen molar-refractivity contribution in [2.75, 3.05) is 14.2 Å². The number of amides is 1. The van der Waals surface area contributed by atoms with E-state index < -0.39 is 21.7 Å². The van der Waals surface area contributed by atoms with E-state index in [0.717, 1.165) is 0 Å². The Labute approximate surface area is 124 Å². The largest absolute Gasteiger partial charge is 0.493 e. The summed E-state index contributed by atoms with van der Waals surface area (Å²) < 4.78 is 41.0. The average molecular weight is 317 g/mol. The van der Waals surface area contributed by atoms with E-state index in [-0.39, 0.29) is 10.6 Å². The Morgan fingerprint density at radius 1 is 1.10 bits per heavy atom. The van der Waals surface area contributed by atoms with Crippen molar-refractivity contribution in [3.05, 3.63) is 18.2 Å². The zero-order valence-corrected chi connectivity index (χ0v) is 13.4. The van der Waals surface area contributed by atoms with Gasteiger partial charge in [-0.2, -0.15) is 0 Å². The third-order valence-electron chi connectivity index (χ3n) is 2.28. The van der Waals surface area contributed by atoms with Crippen molar-refractivity contribution >= 4 is 16.1 Å². The molecule has 0 saturated carbocycles. The number of sulfonamides is 1. The number of carbonyl (C=O) groups is 1. The van der Waals surface area contributed by atoms with Gasteiger partial charge in [-0.25, -0.2) is 17.9 Å². The molecule has 8 heteroatoms. The number of hydrogen-bond donors (Lipinski definition) is 1. The van der Waals surface area contributed by atoms with E-state index in [4.69, 9.17) is 14.2 Å². The second-order valence-electron chi connectivity index (χ2n) is 5.12. The van der Waals surface area contributed by atoms with Gasteiger partial charge < -0.3 is 14.2 Å². The summed E-state index contributed by atoms with van der Waals surface area (Å²) in [6.07, 6.45) is -1.04. The molecular formula is C13H19NO6S. The summed E-state index contributed by atoms with van der Waals surface area (Å²) >= 11 is 0. The fourth-order valence-electron chi connectivity index (χ4n) is 1.45. The highest BCUT2D eigenvalue weighted by Crippen LogP contribution is 2.29. The van der Waals surface area contributed by atoms with Gasteiger partial charge in [0.15, 0.2) is 11.5 Å². The van der Waals surface area contributed by atoms with Crippen LogP contribution in [0.5, 0.6) is 11.5 Å². The highest BCUT2D eigenvalue weighted by atomic mass is 32.2. The first-order valence-corrected chi connectivity index (χ1v) is 7.55. The molecule has 1 aromatic carbocycles. The molecule has 1 rings (SSSR count). The number of carbonyl (C=O) groups excluding carboxylic acids is 1. The maximum atomic E-state index is 12.1. The standard InChI is InChI=1S/C13H19NO6S/c1-13(2,3)20-12(15)14-21(16,17)9-6-7-10(18-4)11(8-9)19-5/h6-8H,1-5H3,(H,14,15). The first-order chi connectivity index (χ1) is 9.59. The molecule has 118 valence electrons. The molecule has 1 amide bonds. The number of rotatable bonds is 4. The summed E-state index contributed by atoms with van der Waals surface area (Å²) in [6, 6.07) is 3.99. The number of hydrogen-bond acceptors (Lipinski definition) is 6. The van der Waals surface area contributed by atoms with Crippen LogP contribution in [-0.4, -0.2) is 34.3 Å². The minimum absolute atomic E-state index is 0.133. The van der Waals surface area contributed by atoms with Crippen LogP contribution in [0.2, 0.25) is 0 Å². The quantitative estimate of drug-likeness (QED) is 0.912. The summed E-state index contributed by atoms with van der Waals surface area (Å²) in [5.41, 5.74) is -0.794. The predicted molar refractivity (Wildman–Crippen MR) is 76.1 cm³/mol. The molecule has 0 aliphatic rings. The minimum atomic E-state index is -4.05. The fourth-order valence-corrected chi connectivity index (χ4v) is 2.34. The summed E-state index contributed by atoms with van der Waals surface area (Å²) in [6.45, 7) is 4.90. The SMILES string of the molecule is COc1ccc(S(=O)(=O)NC(=O)OC(C)(C)C)cc1OC. The molecule has 7 nitrogen and oxygen atoms in total. The third-order valence-corrected chi connectivity index (χ3v) is 3.59. The van der Waals surface area contributed by atoms with Crippen molar-refractivity contribution in [2.24, 2.45) is 0 Å². The minimum Gasteiger partial charge on any atom is -0.493 e. The molecule has 0 aromatic heterocycles. The molecule has 0 saturated heterocycles. The topological polar surface area (TPSA) is 90.9 Å². The van der Waals surface area contributed by atoms with Crippen molar-refractivity contribution in [1.29, 1.82) is 0 Å². The normalized spacial score (nSPS) is 11.7. The van der Waals surface area contributed by atoms with Gasteiger partial charge in [0.1, 0.15) is 5.60 Å². The van der Waals surface area contributed by atoms with Crippen LogP contribution < -0.4 is 14.2 Å².